The molecule has 0 radical (unpaired) electrons. The highest BCUT2D eigenvalue weighted by molar-refractivity contribution is 5.85. The van der Waals surface area contributed by atoms with Crippen molar-refractivity contribution in [3.05, 3.63) is 72.8 Å². The Morgan fingerprint density at radius 2 is 2.10 bits per heavy atom. The second-order valence-electron chi connectivity index (χ2n) is 6.59. The molecule has 3 heterocycles. The van der Waals surface area contributed by atoms with Crippen LogP contribution in [-0.2, 0) is 0 Å². The third-order valence-corrected chi connectivity index (χ3v) is 4.45. The van der Waals surface area contributed by atoms with Crippen molar-refractivity contribution in [2.24, 2.45) is 0 Å². The molecule has 30 heavy (non-hydrogen) atoms. The molecule has 4 rings (SSSR count). The maximum absolute atomic E-state index is 13.2. The number of hydrogen-bond donors (Lipinski definition) is 2. The van der Waals surface area contributed by atoms with Crippen LogP contribution >= 0.6 is 0 Å². The number of anilines is 2. The van der Waals surface area contributed by atoms with Gasteiger partial charge >= 0.3 is 6.01 Å². The van der Waals surface area contributed by atoms with Crippen molar-refractivity contribution in [2.75, 3.05) is 17.7 Å². The van der Waals surface area contributed by atoms with Gasteiger partial charge in [-0.15, -0.1) is 5.10 Å². The predicted octanol–water partition coefficient (Wildman–Crippen LogP) is 3.65. The molecular formula is C21H20FN7O. The summed E-state index contributed by atoms with van der Waals surface area (Å²) >= 11 is 0. The maximum atomic E-state index is 13.2. The van der Waals surface area contributed by atoms with Gasteiger partial charge in [0.15, 0.2) is 11.5 Å². The van der Waals surface area contributed by atoms with E-state index in [-0.39, 0.29) is 24.5 Å². The zero-order chi connectivity index (χ0) is 21.1. The second-order valence-corrected chi connectivity index (χ2v) is 6.59. The molecule has 0 amide bonds. The number of halogens is 1. The van der Waals surface area contributed by atoms with E-state index < -0.39 is 0 Å². The Hall–Kier alpha value is -4.01. The first kappa shape index (κ1) is 19.3. The average Bonchev–Trinajstić information content (AvgIpc) is 3.08. The highest BCUT2D eigenvalue weighted by Crippen LogP contribution is 2.31. The summed E-state index contributed by atoms with van der Waals surface area (Å²) < 4.78 is 20.4. The van der Waals surface area contributed by atoms with Gasteiger partial charge < -0.3 is 15.8 Å². The highest BCUT2D eigenvalue weighted by atomic mass is 19.1. The molecule has 0 aliphatic heterocycles. The van der Waals surface area contributed by atoms with E-state index in [9.17, 15) is 4.39 Å². The SMILES string of the molecule is C=CCOc1nc(N[C@@H](C)c2ccc(F)cc2)cc(-c2c(N)nn3cccnc23)n1. The second kappa shape index (κ2) is 8.16. The van der Waals surface area contributed by atoms with Crippen molar-refractivity contribution in [1.29, 1.82) is 0 Å². The van der Waals surface area contributed by atoms with Crippen LogP contribution in [0.1, 0.15) is 18.5 Å². The lowest BCUT2D eigenvalue weighted by molar-refractivity contribution is 0.334. The number of ether oxygens (including phenoxy) is 1. The fourth-order valence-electron chi connectivity index (χ4n) is 3.03. The highest BCUT2D eigenvalue weighted by Gasteiger charge is 2.18. The number of hydrogen-bond acceptors (Lipinski definition) is 7. The number of nitrogen functional groups attached to an aromatic ring is 1. The van der Waals surface area contributed by atoms with Crippen LogP contribution in [0.15, 0.2) is 61.4 Å². The summed E-state index contributed by atoms with van der Waals surface area (Å²) in [5, 5.41) is 7.58. The Labute approximate surface area is 172 Å². The van der Waals surface area contributed by atoms with Crippen LogP contribution in [0.3, 0.4) is 0 Å². The molecule has 3 aromatic heterocycles. The minimum Gasteiger partial charge on any atom is -0.459 e. The van der Waals surface area contributed by atoms with E-state index in [2.05, 4.69) is 31.9 Å². The van der Waals surface area contributed by atoms with Crippen LogP contribution in [-0.4, -0.2) is 31.2 Å². The molecule has 0 fully saturated rings. The number of nitrogens with two attached hydrogens (primary N) is 1. The van der Waals surface area contributed by atoms with Crippen molar-refractivity contribution < 1.29 is 9.13 Å². The minimum absolute atomic E-state index is 0.139. The summed E-state index contributed by atoms with van der Waals surface area (Å²) in [5.41, 5.74) is 8.72. The van der Waals surface area contributed by atoms with E-state index in [0.29, 0.717) is 28.5 Å². The molecule has 1 aromatic carbocycles. The Bertz CT molecular complexity index is 1190. The molecule has 8 nitrogen and oxygen atoms in total. The van der Waals surface area contributed by atoms with Gasteiger partial charge in [-0.2, -0.15) is 9.97 Å². The molecule has 4 aromatic rings. The quantitative estimate of drug-likeness (QED) is 0.452. The van der Waals surface area contributed by atoms with Gasteiger partial charge in [0.05, 0.1) is 11.3 Å². The van der Waals surface area contributed by atoms with E-state index in [0.717, 1.165) is 5.56 Å². The topological polar surface area (TPSA) is 103 Å². The fraction of sp³-hybridized carbons (Fsp3) is 0.143. The first-order chi connectivity index (χ1) is 14.5. The third kappa shape index (κ3) is 3.90. The minimum atomic E-state index is -0.286. The van der Waals surface area contributed by atoms with Crippen molar-refractivity contribution in [2.45, 2.75) is 13.0 Å². The van der Waals surface area contributed by atoms with Crippen LogP contribution in [0.5, 0.6) is 6.01 Å². The number of aromatic nitrogens is 5. The molecular weight excluding hydrogens is 385 g/mol. The first-order valence-corrected chi connectivity index (χ1v) is 9.29. The molecule has 1 atom stereocenters. The Morgan fingerprint density at radius 1 is 1.30 bits per heavy atom. The summed E-state index contributed by atoms with van der Waals surface area (Å²) in [6.45, 7) is 5.85. The molecule has 0 aliphatic rings. The van der Waals surface area contributed by atoms with Crippen molar-refractivity contribution in [1.82, 2.24) is 24.6 Å². The molecule has 0 spiro atoms. The summed E-state index contributed by atoms with van der Waals surface area (Å²) in [5.74, 6) is 0.525. The van der Waals surface area contributed by atoms with Gasteiger partial charge in [-0.25, -0.2) is 13.9 Å². The molecule has 0 saturated heterocycles. The lowest BCUT2D eigenvalue weighted by Crippen LogP contribution is -2.10. The molecule has 0 unspecified atom stereocenters. The number of benzene rings is 1. The zero-order valence-electron chi connectivity index (χ0n) is 16.3. The van der Waals surface area contributed by atoms with E-state index >= 15 is 0 Å². The summed E-state index contributed by atoms with van der Waals surface area (Å²) in [7, 11) is 0. The van der Waals surface area contributed by atoms with Gasteiger partial charge in [0.25, 0.3) is 0 Å². The molecule has 0 bridgehead atoms. The Kier molecular flexibility index (Phi) is 5.25. The average molecular weight is 405 g/mol. The Balaban J connectivity index is 1.74. The van der Waals surface area contributed by atoms with Gasteiger partial charge in [0.1, 0.15) is 18.2 Å². The molecule has 152 valence electrons. The third-order valence-electron chi connectivity index (χ3n) is 4.45. The van der Waals surface area contributed by atoms with E-state index in [1.165, 1.54) is 12.1 Å². The summed E-state index contributed by atoms with van der Waals surface area (Å²) in [4.78, 5) is 13.3. The van der Waals surface area contributed by atoms with E-state index in [1.54, 1.807) is 47.3 Å². The fourth-order valence-corrected chi connectivity index (χ4v) is 3.03. The van der Waals surface area contributed by atoms with Crippen molar-refractivity contribution >= 4 is 17.3 Å². The molecule has 3 N–H and O–H groups in total. The lowest BCUT2D eigenvalue weighted by atomic mass is 10.1. The van der Waals surface area contributed by atoms with Gasteiger partial charge in [-0.1, -0.05) is 24.8 Å². The number of nitrogens with one attached hydrogen (secondary N) is 1. The van der Waals surface area contributed by atoms with Gasteiger partial charge in [-0.05, 0) is 30.7 Å². The lowest BCUT2D eigenvalue weighted by Gasteiger charge is -2.16. The number of rotatable bonds is 7. The summed E-state index contributed by atoms with van der Waals surface area (Å²) in [6.07, 6.45) is 5.02. The molecule has 9 heteroatoms. The normalized spacial score (nSPS) is 11.9. The van der Waals surface area contributed by atoms with E-state index in [1.807, 2.05) is 6.92 Å². The van der Waals surface area contributed by atoms with E-state index in [4.69, 9.17) is 10.5 Å². The monoisotopic (exact) mass is 405 g/mol. The molecule has 0 aliphatic carbocycles. The van der Waals surface area contributed by atoms with Gasteiger partial charge in [0.2, 0.25) is 0 Å². The zero-order valence-corrected chi connectivity index (χ0v) is 16.3. The summed E-state index contributed by atoms with van der Waals surface area (Å²) in [6, 6.07) is 9.82. The number of fused-ring (bicyclic) bond motifs is 1. The van der Waals surface area contributed by atoms with Gasteiger partial charge in [0, 0.05) is 24.5 Å². The number of nitrogens with zero attached hydrogens (tertiary/aromatic N) is 5. The van der Waals surface area contributed by atoms with Gasteiger partial charge in [-0.3, -0.25) is 0 Å². The predicted molar refractivity (Wildman–Crippen MR) is 113 cm³/mol. The Morgan fingerprint density at radius 3 is 2.87 bits per heavy atom. The largest absolute Gasteiger partial charge is 0.459 e. The smallest absolute Gasteiger partial charge is 0.319 e. The molecule has 0 saturated carbocycles. The van der Waals surface area contributed by atoms with Crippen molar-refractivity contribution in [3.8, 4) is 17.3 Å². The van der Waals surface area contributed by atoms with Crippen LogP contribution < -0.4 is 15.8 Å². The first-order valence-electron chi connectivity index (χ1n) is 9.29. The van der Waals surface area contributed by atoms with Crippen LogP contribution in [0.4, 0.5) is 16.0 Å². The van der Waals surface area contributed by atoms with Crippen molar-refractivity contribution in [3.63, 3.8) is 0 Å². The van der Waals surface area contributed by atoms with Crippen LogP contribution in [0.2, 0.25) is 0 Å². The standard InChI is InChI=1S/C21H20FN7O/c1-3-11-30-21-26-16(18-19(23)28-29-10-4-9-24-20(18)29)12-17(27-21)25-13(2)14-5-7-15(22)8-6-14/h3-10,12-13H,1,11H2,2H3,(H2,23,28)(H,25,26,27)/t13-/m0/s1. The maximum Gasteiger partial charge on any atom is 0.319 e. The van der Waals surface area contributed by atoms with Crippen LogP contribution in [0, 0.1) is 5.82 Å². The van der Waals surface area contributed by atoms with Crippen LogP contribution in [0.25, 0.3) is 16.9 Å².